The van der Waals surface area contributed by atoms with Crippen LogP contribution in [0.1, 0.15) is 12.0 Å². The van der Waals surface area contributed by atoms with Crippen molar-refractivity contribution in [1.82, 2.24) is 4.90 Å². The molecule has 1 aromatic carbocycles. The van der Waals surface area contributed by atoms with E-state index in [1.165, 1.54) is 0 Å². The lowest BCUT2D eigenvalue weighted by Gasteiger charge is -2.34. The molecular formula is C15H22BrNO3. The molecule has 0 radical (unpaired) electrons. The number of methoxy groups -OCH3 is 2. The number of hydrogen-bond acceptors (Lipinski definition) is 4. The minimum atomic E-state index is -0.249. The van der Waals surface area contributed by atoms with Crippen molar-refractivity contribution in [3.8, 4) is 11.5 Å². The van der Waals surface area contributed by atoms with Gasteiger partial charge in [0.05, 0.1) is 20.3 Å². The van der Waals surface area contributed by atoms with E-state index in [9.17, 15) is 5.11 Å². The van der Waals surface area contributed by atoms with E-state index in [-0.39, 0.29) is 12.0 Å². The Hall–Kier alpha value is -0.780. The first kappa shape index (κ1) is 15.6. The Morgan fingerprint density at radius 1 is 1.35 bits per heavy atom. The van der Waals surface area contributed by atoms with Crippen molar-refractivity contribution >= 4 is 15.9 Å². The van der Waals surface area contributed by atoms with Gasteiger partial charge in [-0.15, -0.1) is 0 Å². The molecule has 1 aromatic rings. The predicted octanol–water partition coefficient (Wildman–Crippen LogP) is 2.32. The fourth-order valence-corrected chi connectivity index (χ4v) is 3.33. The highest BCUT2D eigenvalue weighted by molar-refractivity contribution is 9.10. The molecule has 1 heterocycles. The first-order valence-electron chi connectivity index (χ1n) is 6.82. The highest BCUT2D eigenvalue weighted by Crippen LogP contribution is 2.36. The van der Waals surface area contributed by atoms with Crippen molar-refractivity contribution < 1.29 is 14.6 Å². The van der Waals surface area contributed by atoms with Gasteiger partial charge in [-0.05, 0) is 37.6 Å². The van der Waals surface area contributed by atoms with E-state index in [2.05, 4.69) is 27.9 Å². The lowest BCUT2D eigenvalue weighted by Crippen LogP contribution is -2.42. The third-order valence-corrected chi connectivity index (χ3v) is 4.36. The maximum Gasteiger partial charge on any atom is 0.163 e. The van der Waals surface area contributed by atoms with Crippen molar-refractivity contribution in [3.05, 3.63) is 22.2 Å². The lowest BCUT2D eigenvalue weighted by atomic mass is 9.88. The average Bonchev–Trinajstić information content (AvgIpc) is 2.42. The van der Waals surface area contributed by atoms with Crippen molar-refractivity contribution in [1.29, 1.82) is 0 Å². The summed E-state index contributed by atoms with van der Waals surface area (Å²) in [4.78, 5) is 2.26. The highest BCUT2D eigenvalue weighted by Gasteiger charge is 2.27. The normalized spacial score (nSPS) is 23.6. The van der Waals surface area contributed by atoms with Crippen LogP contribution in [-0.4, -0.2) is 50.5 Å². The number of likely N-dealkylation sites (tertiary alicyclic amines) is 1. The summed E-state index contributed by atoms with van der Waals surface area (Å²) in [5.74, 6) is 1.70. The van der Waals surface area contributed by atoms with Crippen LogP contribution in [0.2, 0.25) is 0 Å². The Morgan fingerprint density at radius 3 is 2.75 bits per heavy atom. The van der Waals surface area contributed by atoms with E-state index in [1.807, 2.05) is 12.1 Å². The van der Waals surface area contributed by atoms with E-state index in [0.717, 1.165) is 47.5 Å². The number of hydrogen-bond donors (Lipinski definition) is 1. The van der Waals surface area contributed by atoms with Gasteiger partial charge in [-0.3, -0.25) is 0 Å². The Labute approximate surface area is 128 Å². The van der Waals surface area contributed by atoms with Crippen LogP contribution >= 0.6 is 15.9 Å². The second-order valence-corrected chi connectivity index (χ2v) is 6.30. The van der Waals surface area contributed by atoms with Gasteiger partial charge in [-0.1, -0.05) is 15.9 Å². The van der Waals surface area contributed by atoms with Gasteiger partial charge >= 0.3 is 0 Å². The summed E-state index contributed by atoms with van der Waals surface area (Å²) in [6.45, 7) is 1.86. The number of aliphatic hydroxyl groups excluding tert-OH is 1. The standard InChI is InChI=1S/C15H22BrNO3/c1-17-5-4-13(18)11(9-17)6-10-7-12(16)8-14(19-2)15(10)20-3/h7-8,11,13,18H,4-6,9H2,1-3H3. The van der Waals surface area contributed by atoms with Crippen LogP contribution in [0, 0.1) is 5.92 Å². The zero-order valence-corrected chi connectivity index (χ0v) is 13.8. The molecule has 5 heteroatoms. The van der Waals surface area contributed by atoms with Crippen molar-refractivity contribution in [3.63, 3.8) is 0 Å². The van der Waals surface area contributed by atoms with Crippen LogP contribution in [0.15, 0.2) is 16.6 Å². The molecule has 0 amide bonds. The number of halogens is 1. The zero-order chi connectivity index (χ0) is 14.7. The number of benzene rings is 1. The molecule has 1 N–H and O–H groups in total. The summed E-state index contributed by atoms with van der Waals surface area (Å²) in [5.41, 5.74) is 1.07. The summed E-state index contributed by atoms with van der Waals surface area (Å²) < 4.78 is 11.8. The Bertz CT molecular complexity index is 467. The molecule has 2 atom stereocenters. The Morgan fingerprint density at radius 2 is 2.10 bits per heavy atom. The third-order valence-electron chi connectivity index (χ3n) is 3.90. The van der Waals surface area contributed by atoms with Crippen molar-refractivity contribution in [2.75, 3.05) is 34.4 Å². The van der Waals surface area contributed by atoms with Crippen molar-refractivity contribution in [2.24, 2.45) is 5.92 Å². The predicted molar refractivity (Wildman–Crippen MR) is 82.6 cm³/mol. The summed E-state index contributed by atoms with van der Waals surface area (Å²) in [5, 5.41) is 10.2. The quantitative estimate of drug-likeness (QED) is 0.910. The van der Waals surface area contributed by atoms with Gasteiger partial charge in [0.15, 0.2) is 11.5 Å². The summed E-state index contributed by atoms with van der Waals surface area (Å²) in [6.07, 6.45) is 1.36. The fraction of sp³-hybridized carbons (Fsp3) is 0.600. The van der Waals surface area contributed by atoms with Gasteiger partial charge < -0.3 is 19.5 Å². The second kappa shape index (κ2) is 6.78. The number of nitrogens with zero attached hydrogens (tertiary/aromatic N) is 1. The van der Waals surface area contributed by atoms with Gasteiger partial charge in [0.2, 0.25) is 0 Å². The molecule has 4 nitrogen and oxygen atoms in total. The summed E-state index contributed by atoms with van der Waals surface area (Å²) >= 11 is 3.50. The fourth-order valence-electron chi connectivity index (χ4n) is 2.84. The first-order chi connectivity index (χ1) is 9.55. The van der Waals surface area contributed by atoms with Crippen LogP contribution in [0.5, 0.6) is 11.5 Å². The summed E-state index contributed by atoms with van der Waals surface area (Å²) in [7, 11) is 5.38. The molecule has 0 saturated carbocycles. The van der Waals surface area contributed by atoms with E-state index >= 15 is 0 Å². The molecular weight excluding hydrogens is 322 g/mol. The van der Waals surface area contributed by atoms with Gasteiger partial charge in [0, 0.05) is 23.5 Å². The average molecular weight is 344 g/mol. The van der Waals surface area contributed by atoms with E-state index in [0.29, 0.717) is 0 Å². The first-order valence-corrected chi connectivity index (χ1v) is 7.61. The van der Waals surface area contributed by atoms with Crippen LogP contribution in [0.4, 0.5) is 0 Å². The molecule has 0 bridgehead atoms. The smallest absolute Gasteiger partial charge is 0.163 e. The molecule has 0 aliphatic carbocycles. The lowest BCUT2D eigenvalue weighted by molar-refractivity contribution is 0.0363. The molecule has 2 unspecified atom stereocenters. The second-order valence-electron chi connectivity index (χ2n) is 5.38. The molecule has 0 spiro atoms. The molecule has 2 rings (SSSR count). The minimum Gasteiger partial charge on any atom is -0.493 e. The Kier molecular flexibility index (Phi) is 5.29. The monoisotopic (exact) mass is 343 g/mol. The number of ether oxygens (including phenoxy) is 2. The van der Waals surface area contributed by atoms with Crippen LogP contribution in [0.25, 0.3) is 0 Å². The van der Waals surface area contributed by atoms with Crippen LogP contribution < -0.4 is 9.47 Å². The largest absolute Gasteiger partial charge is 0.493 e. The van der Waals surface area contributed by atoms with Gasteiger partial charge in [-0.2, -0.15) is 0 Å². The van der Waals surface area contributed by atoms with Gasteiger partial charge in [0.25, 0.3) is 0 Å². The molecule has 1 aliphatic rings. The third kappa shape index (κ3) is 3.45. The van der Waals surface area contributed by atoms with Gasteiger partial charge in [-0.25, -0.2) is 0 Å². The SMILES string of the molecule is COc1cc(Br)cc(CC2CN(C)CCC2O)c1OC. The van der Waals surface area contributed by atoms with E-state index in [4.69, 9.17) is 9.47 Å². The zero-order valence-electron chi connectivity index (χ0n) is 12.2. The summed E-state index contributed by atoms with van der Waals surface area (Å²) in [6, 6.07) is 3.94. The van der Waals surface area contributed by atoms with Crippen LogP contribution in [0.3, 0.4) is 0 Å². The Balaban J connectivity index is 2.25. The van der Waals surface area contributed by atoms with Gasteiger partial charge in [0.1, 0.15) is 0 Å². The topological polar surface area (TPSA) is 41.9 Å². The maximum atomic E-state index is 10.2. The van der Waals surface area contributed by atoms with E-state index in [1.54, 1.807) is 14.2 Å². The molecule has 1 aliphatic heterocycles. The molecule has 20 heavy (non-hydrogen) atoms. The van der Waals surface area contributed by atoms with Crippen LogP contribution in [-0.2, 0) is 6.42 Å². The van der Waals surface area contributed by atoms with Crippen molar-refractivity contribution in [2.45, 2.75) is 18.9 Å². The minimum absolute atomic E-state index is 0.224. The number of rotatable bonds is 4. The number of aliphatic hydroxyl groups is 1. The number of piperidine rings is 1. The van der Waals surface area contributed by atoms with E-state index < -0.39 is 0 Å². The molecule has 1 fully saturated rings. The maximum absolute atomic E-state index is 10.2. The molecule has 1 saturated heterocycles. The molecule has 112 valence electrons. The molecule has 0 aromatic heterocycles. The highest BCUT2D eigenvalue weighted by atomic mass is 79.9.